The molecule has 1 unspecified atom stereocenters. The van der Waals surface area contributed by atoms with Gasteiger partial charge in [0.15, 0.2) is 0 Å². The predicted octanol–water partition coefficient (Wildman–Crippen LogP) is 2.41. The van der Waals surface area contributed by atoms with Crippen molar-refractivity contribution in [2.45, 2.75) is 25.8 Å². The molecular formula is C15H21N3O. The van der Waals surface area contributed by atoms with Crippen molar-refractivity contribution in [3.63, 3.8) is 0 Å². The zero-order valence-corrected chi connectivity index (χ0v) is 11.5. The topological polar surface area (TPSA) is 50.1 Å². The van der Waals surface area contributed by atoms with Gasteiger partial charge in [0, 0.05) is 19.4 Å². The van der Waals surface area contributed by atoms with E-state index < -0.39 is 0 Å². The first kappa shape index (κ1) is 13.6. The number of nitrogens with zero attached hydrogens (tertiary/aromatic N) is 2. The van der Waals surface area contributed by atoms with Gasteiger partial charge in [-0.05, 0) is 37.1 Å². The van der Waals surface area contributed by atoms with Gasteiger partial charge in [-0.15, -0.1) is 0 Å². The quantitative estimate of drug-likeness (QED) is 0.837. The highest BCUT2D eigenvalue weighted by molar-refractivity contribution is 5.27. The molecular weight excluding hydrogens is 238 g/mol. The maximum atomic E-state index is 9.33. The highest BCUT2D eigenvalue weighted by atomic mass is 16.3. The zero-order chi connectivity index (χ0) is 13.7. The van der Waals surface area contributed by atoms with Crippen molar-refractivity contribution >= 4 is 0 Å². The molecule has 0 aliphatic heterocycles. The summed E-state index contributed by atoms with van der Waals surface area (Å²) in [5.41, 5.74) is 1.19. The van der Waals surface area contributed by atoms with E-state index in [1.165, 1.54) is 5.56 Å². The van der Waals surface area contributed by atoms with Gasteiger partial charge in [0.2, 0.25) is 0 Å². The fourth-order valence-electron chi connectivity index (χ4n) is 2.15. The monoisotopic (exact) mass is 259 g/mol. The van der Waals surface area contributed by atoms with E-state index in [4.69, 9.17) is 0 Å². The van der Waals surface area contributed by atoms with Crippen molar-refractivity contribution < 1.29 is 5.11 Å². The van der Waals surface area contributed by atoms with E-state index in [9.17, 15) is 5.11 Å². The number of rotatable bonds is 6. The molecule has 1 heterocycles. The minimum atomic E-state index is 0.199. The predicted molar refractivity (Wildman–Crippen MR) is 76.1 cm³/mol. The average Bonchev–Trinajstić information content (AvgIpc) is 2.83. The fourth-order valence-corrected chi connectivity index (χ4v) is 2.15. The first-order valence-corrected chi connectivity index (χ1v) is 6.69. The van der Waals surface area contributed by atoms with Gasteiger partial charge in [0.25, 0.3) is 0 Å². The number of aromatic hydroxyl groups is 1. The Morgan fingerprint density at radius 3 is 2.63 bits per heavy atom. The third-order valence-electron chi connectivity index (χ3n) is 3.19. The molecule has 0 aliphatic rings. The molecule has 2 rings (SSSR count). The second-order valence-corrected chi connectivity index (χ2v) is 4.77. The van der Waals surface area contributed by atoms with E-state index in [1.54, 1.807) is 12.1 Å². The Kier molecular flexibility index (Phi) is 4.58. The molecule has 19 heavy (non-hydrogen) atoms. The summed E-state index contributed by atoms with van der Waals surface area (Å²) in [5.74, 6) is 1.35. The number of aryl methyl sites for hydroxylation is 1. The van der Waals surface area contributed by atoms with Crippen LogP contribution in [0.3, 0.4) is 0 Å². The Hall–Kier alpha value is -1.81. The van der Waals surface area contributed by atoms with Crippen molar-refractivity contribution in [3.8, 4) is 5.75 Å². The van der Waals surface area contributed by atoms with Crippen molar-refractivity contribution in [1.82, 2.24) is 14.9 Å². The van der Waals surface area contributed by atoms with Gasteiger partial charge in [-0.2, -0.15) is 0 Å². The van der Waals surface area contributed by atoms with Crippen molar-refractivity contribution in [2.75, 3.05) is 6.54 Å². The first-order valence-electron chi connectivity index (χ1n) is 6.69. The number of benzene rings is 1. The lowest BCUT2D eigenvalue weighted by Crippen LogP contribution is -2.26. The lowest BCUT2D eigenvalue weighted by molar-refractivity contribution is 0.473. The van der Waals surface area contributed by atoms with Crippen LogP contribution in [0.5, 0.6) is 5.75 Å². The van der Waals surface area contributed by atoms with Gasteiger partial charge in [-0.3, -0.25) is 0 Å². The minimum Gasteiger partial charge on any atom is -0.508 e. The lowest BCUT2D eigenvalue weighted by atomic mass is 10.0. The number of nitrogens with one attached hydrogen (secondary N) is 1. The number of imidazole rings is 1. The Morgan fingerprint density at radius 2 is 2.05 bits per heavy atom. The van der Waals surface area contributed by atoms with Crippen LogP contribution in [0.4, 0.5) is 0 Å². The van der Waals surface area contributed by atoms with E-state index in [0.29, 0.717) is 5.75 Å². The van der Waals surface area contributed by atoms with Crippen LogP contribution in [-0.2, 0) is 13.5 Å². The van der Waals surface area contributed by atoms with Gasteiger partial charge in [0.05, 0.1) is 6.04 Å². The molecule has 0 saturated heterocycles. The van der Waals surface area contributed by atoms with Crippen LogP contribution in [0.1, 0.15) is 30.8 Å². The summed E-state index contributed by atoms with van der Waals surface area (Å²) in [7, 11) is 2.01. The summed E-state index contributed by atoms with van der Waals surface area (Å²) >= 11 is 0. The summed E-state index contributed by atoms with van der Waals surface area (Å²) in [6.45, 7) is 3.12. The lowest BCUT2D eigenvalue weighted by Gasteiger charge is -2.18. The standard InChI is InChI=1S/C15H21N3O/c1-3-8-16-14(15-17-9-10-18(15)2)11-12-4-6-13(19)7-5-12/h4-7,9-10,14,16,19H,3,8,11H2,1-2H3. The molecule has 0 radical (unpaired) electrons. The number of phenolic OH excluding ortho intramolecular Hbond substituents is 1. The van der Waals surface area contributed by atoms with Gasteiger partial charge < -0.3 is 15.0 Å². The van der Waals surface area contributed by atoms with Crippen molar-refractivity contribution in [2.24, 2.45) is 7.05 Å². The Balaban J connectivity index is 2.14. The van der Waals surface area contributed by atoms with Crippen molar-refractivity contribution in [1.29, 1.82) is 0 Å². The third-order valence-corrected chi connectivity index (χ3v) is 3.19. The molecule has 102 valence electrons. The highest BCUT2D eigenvalue weighted by Crippen LogP contribution is 2.18. The summed E-state index contributed by atoms with van der Waals surface area (Å²) in [5, 5.41) is 12.9. The SMILES string of the molecule is CCCNC(Cc1ccc(O)cc1)c1nccn1C. The fraction of sp³-hybridized carbons (Fsp3) is 0.400. The maximum absolute atomic E-state index is 9.33. The molecule has 1 aromatic heterocycles. The van der Waals surface area contributed by atoms with Crippen LogP contribution >= 0.6 is 0 Å². The van der Waals surface area contributed by atoms with E-state index in [-0.39, 0.29) is 6.04 Å². The Morgan fingerprint density at radius 1 is 1.32 bits per heavy atom. The zero-order valence-electron chi connectivity index (χ0n) is 11.5. The van der Waals surface area contributed by atoms with Crippen LogP contribution < -0.4 is 5.32 Å². The number of phenols is 1. The van der Waals surface area contributed by atoms with Crippen molar-refractivity contribution in [3.05, 3.63) is 48.0 Å². The summed E-state index contributed by atoms with van der Waals surface area (Å²) < 4.78 is 2.05. The van der Waals surface area contributed by atoms with E-state index >= 15 is 0 Å². The molecule has 0 aliphatic carbocycles. The van der Waals surface area contributed by atoms with Crippen LogP contribution in [0.2, 0.25) is 0 Å². The smallest absolute Gasteiger partial charge is 0.125 e. The number of hydrogen-bond acceptors (Lipinski definition) is 3. The molecule has 0 fully saturated rings. The summed E-state index contributed by atoms with van der Waals surface area (Å²) in [6, 6.07) is 7.57. The Labute approximate surface area is 114 Å². The molecule has 4 heteroatoms. The average molecular weight is 259 g/mol. The van der Waals surface area contributed by atoms with E-state index in [1.807, 2.05) is 36.1 Å². The molecule has 1 atom stereocenters. The van der Waals surface area contributed by atoms with Crippen LogP contribution in [0.15, 0.2) is 36.7 Å². The molecule has 0 amide bonds. The minimum absolute atomic E-state index is 0.199. The van der Waals surface area contributed by atoms with Crippen LogP contribution in [0, 0.1) is 0 Å². The normalized spacial score (nSPS) is 12.5. The molecule has 2 aromatic rings. The molecule has 4 nitrogen and oxygen atoms in total. The third kappa shape index (κ3) is 3.58. The van der Waals surface area contributed by atoms with Gasteiger partial charge >= 0.3 is 0 Å². The van der Waals surface area contributed by atoms with Gasteiger partial charge in [0.1, 0.15) is 11.6 Å². The second-order valence-electron chi connectivity index (χ2n) is 4.77. The number of hydrogen-bond donors (Lipinski definition) is 2. The highest BCUT2D eigenvalue weighted by Gasteiger charge is 2.15. The van der Waals surface area contributed by atoms with E-state index in [2.05, 4.69) is 17.2 Å². The second kappa shape index (κ2) is 6.38. The summed E-state index contributed by atoms with van der Waals surface area (Å²) in [4.78, 5) is 4.43. The summed E-state index contributed by atoms with van der Waals surface area (Å²) in [6.07, 6.45) is 5.75. The molecule has 0 spiro atoms. The Bertz CT molecular complexity index is 504. The van der Waals surface area contributed by atoms with Crippen LogP contribution in [-0.4, -0.2) is 21.2 Å². The first-order chi connectivity index (χ1) is 9.20. The number of aromatic nitrogens is 2. The molecule has 0 bridgehead atoms. The van der Waals surface area contributed by atoms with Gasteiger partial charge in [-0.1, -0.05) is 19.1 Å². The van der Waals surface area contributed by atoms with E-state index in [0.717, 1.165) is 25.2 Å². The maximum Gasteiger partial charge on any atom is 0.125 e. The largest absolute Gasteiger partial charge is 0.508 e. The van der Waals surface area contributed by atoms with Gasteiger partial charge in [-0.25, -0.2) is 4.98 Å². The molecule has 2 N–H and O–H groups in total. The molecule has 1 aromatic carbocycles. The van der Waals surface area contributed by atoms with Crippen LogP contribution in [0.25, 0.3) is 0 Å². The molecule has 0 saturated carbocycles.